The summed E-state index contributed by atoms with van der Waals surface area (Å²) in [4.78, 5) is 12.3. The van der Waals surface area contributed by atoms with Gasteiger partial charge in [0.1, 0.15) is 23.0 Å². The Morgan fingerprint density at radius 1 is 0.926 bits per heavy atom. The third-order valence-corrected chi connectivity index (χ3v) is 4.13. The van der Waals surface area contributed by atoms with Crippen molar-refractivity contribution in [3.8, 4) is 23.0 Å². The average Bonchev–Trinajstić information content (AvgIpc) is 2.71. The smallest absolute Gasteiger partial charge is 0.224 e. The van der Waals surface area contributed by atoms with Crippen LogP contribution in [0.4, 0.5) is 0 Å². The van der Waals surface area contributed by atoms with Crippen LogP contribution in [0.3, 0.4) is 0 Å². The minimum Gasteiger partial charge on any atom is -0.497 e. The van der Waals surface area contributed by atoms with Crippen LogP contribution in [-0.4, -0.2) is 46.0 Å². The van der Waals surface area contributed by atoms with Gasteiger partial charge in [-0.15, -0.1) is 0 Å². The maximum absolute atomic E-state index is 12.3. The van der Waals surface area contributed by atoms with Crippen LogP contribution in [0.15, 0.2) is 36.4 Å². The van der Waals surface area contributed by atoms with E-state index >= 15 is 0 Å². The molecule has 0 radical (unpaired) electrons. The van der Waals surface area contributed by atoms with Gasteiger partial charge in [0.25, 0.3) is 0 Å². The van der Waals surface area contributed by atoms with Crippen molar-refractivity contribution in [2.45, 2.75) is 12.5 Å². The van der Waals surface area contributed by atoms with Crippen molar-refractivity contribution in [3.63, 3.8) is 0 Å². The molecule has 0 fully saturated rings. The molecule has 0 aliphatic heterocycles. The quantitative estimate of drug-likeness (QED) is 0.698. The lowest BCUT2D eigenvalue weighted by atomic mass is 10.1. The number of aliphatic hydroxyl groups excluding tert-OH is 1. The normalized spacial score (nSPS) is 11.4. The molecule has 0 aliphatic rings. The Morgan fingerprint density at radius 2 is 1.56 bits per heavy atom. The maximum Gasteiger partial charge on any atom is 0.224 e. The third kappa shape index (κ3) is 5.27. The first-order valence-corrected chi connectivity index (χ1v) is 8.40. The Labute approximate surface area is 158 Å². The van der Waals surface area contributed by atoms with E-state index in [2.05, 4.69) is 5.32 Å². The van der Waals surface area contributed by atoms with Gasteiger partial charge < -0.3 is 29.4 Å². The highest BCUT2D eigenvalue weighted by molar-refractivity contribution is 5.79. The molecule has 2 N–H and O–H groups in total. The lowest BCUT2D eigenvalue weighted by molar-refractivity contribution is -0.120. The molecule has 2 aromatic rings. The van der Waals surface area contributed by atoms with Gasteiger partial charge in [-0.05, 0) is 24.3 Å². The number of rotatable bonds is 9. The number of carbonyl (C=O) groups is 1. The Morgan fingerprint density at radius 3 is 2.19 bits per heavy atom. The molecular formula is C20H25NO6. The Kier molecular flexibility index (Phi) is 7.31. The molecule has 2 rings (SSSR count). The maximum atomic E-state index is 12.3. The van der Waals surface area contributed by atoms with E-state index in [4.69, 9.17) is 18.9 Å². The molecule has 27 heavy (non-hydrogen) atoms. The lowest BCUT2D eigenvalue weighted by Crippen LogP contribution is -2.30. The number of hydrogen-bond donors (Lipinski definition) is 2. The molecule has 2 aromatic carbocycles. The van der Waals surface area contributed by atoms with Gasteiger partial charge in [-0.1, -0.05) is 6.07 Å². The van der Waals surface area contributed by atoms with E-state index in [0.29, 0.717) is 28.6 Å². The Hall–Kier alpha value is -2.93. The summed E-state index contributed by atoms with van der Waals surface area (Å²) in [7, 11) is 6.17. The zero-order valence-electron chi connectivity index (χ0n) is 15.9. The molecule has 7 nitrogen and oxygen atoms in total. The molecule has 146 valence electrons. The number of hydrogen-bond acceptors (Lipinski definition) is 6. The molecule has 1 amide bonds. The van der Waals surface area contributed by atoms with Crippen molar-refractivity contribution in [1.82, 2.24) is 5.32 Å². The number of amides is 1. The summed E-state index contributed by atoms with van der Waals surface area (Å²) in [6, 6.07) is 10.4. The summed E-state index contributed by atoms with van der Waals surface area (Å²) in [5.74, 6) is 2.10. The summed E-state index contributed by atoms with van der Waals surface area (Å²) in [6.45, 7) is 0.0425. The largest absolute Gasteiger partial charge is 0.497 e. The van der Waals surface area contributed by atoms with Crippen molar-refractivity contribution >= 4 is 5.91 Å². The molecule has 0 bridgehead atoms. The second kappa shape index (κ2) is 9.68. The summed E-state index contributed by atoms with van der Waals surface area (Å²) < 4.78 is 20.9. The molecule has 0 spiro atoms. The lowest BCUT2D eigenvalue weighted by Gasteiger charge is -2.17. The average molecular weight is 375 g/mol. The minimum absolute atomic E-state index is 0.0425. The van der Waals surface area contributed by atoms with Crippen LogP contribution in [0.2, 0.25) is 0 Å². The zero-order chi connectivity index (χ0) is 19.8. The van der Waals surface area contributed by atoms with Gasteiger partial charge in [0.05, 0.1) is 41.0 Å². The first-order valence-electron chi connectivity index (χ1n) is 8.40. The second-order valence-corrected chi connectivity index (χ2v) is 5.78. The molecule has 7 heteroatoms. The van der Waals surface area contributed by atoms with Crippen LogP contribution in [0, 0.1) is 0 Å². The topological polar surface area (TPSA) is 86.3 Å². The molecule has 0 saturated carbocycles. The predicted molar refractivity (Wildman–Crippen MR) is 101 cm³/mol. The first-order chi connectivity index (χ1) is 13.0. The number of nitrogens with one attached hydrogen (secondary N) is 1. The van der Waals surface area contributed by atoms with E-state index in [1.165, 1.54) is 14.2 Å². The fourth-order valence-corrected chi connectivity index (χ4v) is 2.65. The third-order valence-electron chi connectivity index (χ3n) is 4.13. The van der Waals surface area contributed by atoms with E-state index in [1.807, 2.05) is 0 Å². The van der Waals surface area contributed by atoms with E-state index in [-0.39, 0.29) is 18.9 Å². The van der Waals surface area contributed by atoms with Gasteiger partial charge in [0.15, 0.2) is 0 Å². The van der Waals surface area contributed by atoms with Gasteiger partial charge in [0, 0.05) is 23.7 Å². The Balaban J connectivity index is 2.01. The van der Waals surface area contributed by atoms with Gasteiger partial charge in [-0.2, -0.15) is 0 Å². The van der Waals surface area contributed by atoms with Crippen LogP contribution in [0.25, 0.3) is 0 Å². The first kappa shape index (κ1) is 20.4. The zero-order valence-corrected chi connectivity index (χ0v) is 15.9. The molecule has 0 saturated heterocycles. The summed E-state index contributed by atoms with van der Waals surface area (Å²) in [6.07, 6.45) is -0.813. The number of benzene rings is 2. The van der Waals surface area contributed by atoms with Crippen LogP contribution in [-0.2, 0) is 11.2 Å². The predicted octanol–water partition coefficient (Wildman–Crippen LogP) is 2.11. The van der Waals surface area contributed by atoms with E-state index < -0.39 is 6.10 Å². The number of aliphatic hydroxyl groups is 1. The standard InChI is InChI=1S/C20H25NO6/c1-24-14-7-8-18(26-3)16(10-14)17(22)12-21-20(23)9-13-5-6-15(25-2)11-19(13)27-4/h5-8,10-11,17,22H,9,12H2,1-4H3,(H,21,23). The number of ether oxygens (including phenoxy) is 4. The van der Waals surface area contributed by atoms with Crippen LogP contribution in [0.1, 0.15) is 17.2 Å². The van der Waals surface area contributed by atoms with E-state index in [0.717, 1.165) is 5.56 Å². The summed E-state index contributed by atoms with van der Waals surface area (Å²) >= 11 is 0. The highest BCUT2D eigenvalue weighted by Gasteiger charge is 2.16. The van der Waals surface area contributed by atoms with Gasteiger partial charge in [-0.25, -0.2) is 0 Å². The van der Waals surface area contributed by atoms with E-state index in [1.54, 1.807) is 50.6 Å². The fraction of sp³-hybridized carbons (Fsp3) is 0.350. The van der Waals surface area contributed by atoms with Crippen molar-refractivity contribution in [3.05, 3.63) is 47.5 Å². The molecule has 1 unspecified atom stereocenters. The minimum atomic E-state index is -0.934. The SMILES string of the molecule is COc1ccc(CC(=O)NCC(O)c2cc(OC)ccc2OC)c(OC)c1. The van der Waals surface area contributed by atoms with Crippen molar-refractivity contribution in [2.24, 2.45) is 0 Å². The summed E-state index contributed by atoms with van der Waals surface area (Å²) in [5.41, 5.74) is 1.27. The van der Waals surface area contributed by atoms with Crippen molar-refractivity contribution < 1.29 is 28.8 Å². The van der Waals surface area contributed by atoms with Crippen molar-refractivity contribution in [2.75, 3.05) is 35.0 Å². The molecule has 0 heterocycles. The molecule has 0 aromatic heterocycles. The van der Waals surface area contributed by atoms with Crippen LogP contribution in [0.5, 0.6) is 23.0 Å². The Bertz CT molecular complexity index is 777. The fourth-order valence-electron chi connectivity index (χ4n) is 2.65. The number of carbonyl (C=O) groups excluding carboxylic acids is 1. The van der Waals surface area contributed by atoms with Crippen molar-refractivity contribution in [1.29, 1.82) is 0 Å². The van der Waals surface area contributed by atoms with Crippen LogP contribution < -0.4 is 24.3 Å². The number of methoxy groups -OCH3 is 4. The molecule has 1 atom stereocenters. The molecule has 0 aliphatic carbocycles. The van der Waals surface area contributed by atoms with Gasteiger partial charge in [-0.3, -0.25) is 4.79 Å². The van der Waals surface area contributed by atoms with E-state index in [9.17, 15) is 9.90 Å². The summed E-state index contributed by atoms with van der Waals surface area (Å²) in [5, 5.41) is 13.2. The van der Waals surface area contributed by atoms with Crippen LogP contribution >= 0.6 is 0 Å². The van der Waals surface area contributed by atoms with Gasteiger partial charge in [0.2, 0.25) is 5.91 Å². The highest BCUT2D eigenvalue weighted by Crippen LogP contribution is 2.29. The second-order valence-electron chi connectivity index (χ2n) is 5.78. The monoisotopic (exact) mass is 375 g/mol. The molecular weight excluding hydrogens is 350 g/mol. The van der Waals surface area contributed by atoms with Gasteiger partial charge >= 0.3 is 0 Å². The highest BCUT2D eigenvalue weighted by atomic mass is 16.5.